The standard InChI is InChI=1S/C24H29N3O3S/c1-6-20-25-15(5)21-14(4)22(31-23(21)26-20)24(28)27-10-9-16-11-18(29-7-2)19(30-8-3)12-17(16)13-27/h11-12H,6-10,13H2,1-5H3. The second-order valence-electron chi connectivity index (χ2n) is 7.73. The summed E-state index contributed by atoms with van der Waals surface area (Å²) in [5, 5.41) is 1.02. The number of amides is 1. The maximum atomic E-state index is 13.5. The molecule has 1 aliphatic heterocycles. The average molecular weight is 440 g/mol. The van der Waals surface area contributed by atoms with Crippen LogP contribution in [0, 0.1) is 13.8 Å². The number of carbonyl (C=O) groups excluding carboxylic acids is 1. The SMILES string of the molecule is CCOc1cc2c(cc1OCC)CN(C(=O)c1sc3nc(CC)nc(C)c3c1C)CC2. The summed E-state index contributed by atoms with van der Waals surface area (Å²) in [6.07, 6.45) is 1.59. The fourth-order valence-corrected chi connectivity index (χ4v) is 5.39. The summed E-state index contributed by atoms with van der Waals surface area (Å²) in [6, 6.07) is 4.10. The molecule has 0 fully saturated rings. The van der Waals surface area contributed by atoms with Gasteiger partial charge in [-0.3, -0.25) is 4.79 Å². The zero-order valence-corrected chi connectivity index (χ0v) is 19.7. The average Bonchev–Trinajstić information content (AvgIpc) is 3.10. The highest BCUT2D eigenvalue weighted by Gasteiger charge is 2.27. The number of hydrogen-bond donors (Lipinski definition) is 0. The lowest BCUT2D eigenvalue weighted by Gasteiger charge is -2.29. The van der Waals surface area contributed by atoms with E-state index in [-0.39, 0.29) is 5.91 Å². The van der Waals surface area contributed by atoms with Crippen molar-refractivity contribution in [2.24, 2.45) is 0 Å². The Hall–Kier alpha value is -2.67. The predicted octanol–water partition coefficient (Wildman–Crippen LogP) is 4.87. The topological polar surface area (TPSA) is 64.6 Å². The third-order valence-electron chi connectivity index (χ3n) is 5.69. The maximum Gasteiger partial charge on any atom is 0.264 e. The van der Waals surface area contributed by atoms with E-state index in [1.807, 2.05) is 45.6 Å². The van der Waals surface area contributed by atoms with Crippen LogP contribution in [-0.2, 0) is 19.4 Å². The van der Waals surface area contributed by atoms with E-state index in [1.165, 1.54) is 16.9 Å². The molecule has 0 N–H and O–H groups in total. The van der Waals surface area contributed by atoms with Gasteiger partial charge >= 0.3 is 0 Å². The molecule has 3 heterocycles. The number of aryl methyl sites for hydroxylation is 3. The minimum Gasteiger partial charge on any atom is -0.490 e. The molecule has 0 aliphatic carbocycles. The molecule has 4 rings (SSSR count). The quantitative estimate of drug-likeness (QED) is 0.548. The lowest BCUT2D eigenvalue weighted by Crippen LogP contribution is -2.35. The predicted molar refractivity (Wildman–Crippen MR) is 123 cm³/mol. The smallest absolute Gasteiger partial charge is 0.264 e. The molecule has 0 atom stereocenters. The number of rotatable bonds is 6. The van der Waals surface area contributed by atoms with Gasteiger partial charge in [0.05, 0.1) is 18.1 Å². The fraction of sp³-hybridized carbons (Fsp3) is 0.458. The minimum absolute atomic E-state index is 0.0652. The van der Waals surface area contributed by atoms with Gasteiger partial charge in [-0.25, -0.2) is 9.97 Å². The van der Waals surface area contributed by atoms with Crippen molar-refractivity contribution in [1.82, 2.24) is 14.9 Å². The summed E-state index contributed by atoms with van der Waals surface area (Å²) in [6.45, 7) is 12.4. The molecule has 0 radical (unpaired) electrons. The van der Waals surface area contributed by atoms with Gasteiger partial charge in [0.2, 0.25) is 0 Å². The van der Waals surface area contributed by atoms with Crippen LogP contribution >= 0.6 is 11.3 Å². The van der Waals surface area contributed by atoms with Crippen LogP contribution in [0.4, 0.5) is 0 Å². The Balaban J connectivity index is 1.65. The molecule has 7 heteroatoms. The molecule has 31 heavy (non-hydrogen) atoms. The van der Waals surface area contributed by atoms with Crippen molar-refractivity contribution in [2.45, 2.75) is 54.0 Å². The van der Waals surface area contributed by atoms with Gasteiger partial charge in [0.1, 0.15) is 10.7 Å². The van der Waals surface area contributed by atoms with Gasteiger partial charge < -0.3 is 14.4 Å². The van der Waals surface area contributed by atoms with Crippen molar-refractivity contribution in [1.29, 1.82) is 0 Å². The monoisotopic (exact) mass is 439 g/mol. The molecule has 6 nitrogen and oxygen atoms in total. The van der Waals surface area contributed by atoms with Crippen molar-refractivity contribution in [3.8, 4) is 11.5 Å². The van der Waals surface area contributed by atoms with Crippen molar-refractivity contribution in [2.75, 3.05) is 19.8 Å². The minimum atomic E-state index is 0.0652. The summed E-state index contributed by atoms with van der Waals surface area (Å²) in [5.74, 6) is 2.42. The molecule has 0 unspecified atom stereocenters. The summed E-state index contributed by atoms with van der Waals surface area (Å²) in [5.41, 5.74) is 4.27. The summed E-state index contributed by atoms with van der Waals surface area (Å²) >= 11 is 1.48. The van der Waals surface area contributed by atoms with Gasteiger partial charge in [-0.1, -0.05) is 6.92 Å². The number of hydrogen-bond acceptors (Lipinski definition) is 6. The molecule has 0 spiro atoms. The highest BCUT2D eigenvalue weighted by molar-refractivity contribution is 7.20. The zero-order chi connectivity index (χ0) is 22.1. The summed E-state index contributed by atoms with van der Waals surface area (Å²) in [7, 11) is 0. The van der Waals surface area contributed by atoms with Crippen molar-refractivity contribution < 1.29 is 14.3 Å². The van der Waals surface area contributed by atoms with Gasteiger partial charge in [-0.2, -0.15) is 0 Å². The van der Waals surface area contributed by atoms with E-state index in [1.54, 1.807) is 0 Å². The zero-order valence-electron chi connectivity index (χ0n) is 18.9. The van der Waals surface area contributed by atoms with E-state index >= 15 is 0 Å². The van der Waals surface area contributed by atoms with Gasteiger partial charge in [0.15, 0.2) is 11.5 Å². The molecule has 0 saturated carbocycles. The van der Waals surface area contributed by atoms with E-state index in [0.717, 1.165) is 62.1 Å². The number of nitrogens with zero attached hydrogens (tertiary/aromatic N) is 3. The Morgan fingerprint density at radius 2 is 1.74 bits per heavy atom. The third kappa shape index (κ3) is 3.99. The lowest BCUT2D eigenvalue weighted by molar-refractivity contribution is 0.0738. The van der Waals surface area contributed by atoms with Crippen molar-refractivity contribution in [3.05, 3.63) is 45.2 Å². The Morgan fingerprint density at radius 1 is 1.06 bits per heavy atom. The van der Waals surface area contributed by atoms with E-state index in [2.05, 4.69) is 16.0 Å². The number of ether oxygens (including phenoxy) is 2. The molecule has 0 bridgehead atoms. The highest BCUT2D eigenvalue weighted by Crippen LogP contribution is 2.36. The first-order valence-electron chi connectivity index (χ1n) is 10.9. The van der Waals surface area contributed by atoms with Crippen LogP contribution < -0.4 is 9.47 Å². The largest absolute Gasteiger partial charge is 0.490 e. The Bertz CT molecular complexity index is 1140. The normalized spacial score (nSPS) is 13.4. The van der Waals surface area contributed by atoms with Gasteiger partial charge in [0, 0.05) is 30.6 Å². The van der Waals surface area contributed by atoms with Gasteiger partial charge in [-0.15, -0.1) is 11.3 Å². The molecule has 3 aromatic rings. The van der Waals surface area contributed by atoms with Crippen LogP contribution in [0.3, 0.4) is 0 Å². The van der Waals surface area contributed by atoms with E-state index in [0.29, 0.717) is 26.3 Å². The van der Waals surface area contributed by atoms with E-state index in [4.69, 9.17) is 9.47 Å². The molecular weight excluding hydrogens is 410 g/mol. The first kappa shape index (κ1) is 21.6. The maximum absolute atomic E-state index is 13.5. The Labute approximate surface area is 187 Å². The fourth-order valence-electron chi connectivity index (χ4n) is 4.17. The number of fused-ring (bicyclic) bond motifs is 2. The molecule has 1 aliphatic rings. The first-order chi connectivity index (χ1) is 15.0. The molecule has 1 amide bonds. The molecule has 2 aromatic heterocycles. The van der Waals surface area contributed by atoms with E-state index < -0.39 is 0 Å². The number of carbonyl (C=O) groups is 1. The van der Waals surface area contributed by atoms with E-state index in [9.17, 15) is 4.79 Å². The van der Waals surface area contributed by atoms with Crippen LogP contribution in [0.5, 0.6) is 11.5 Å². The Morgan fingerprint density at radius 3 is 2.39 bits per heavy atom. The third-order valence-corrected chi connectivity index (χ3v) is 6.87. The summed E-state index contributed by atoms with van der Waals surface area (Å²) in [4.78, 5) is 26.3. The molecule has 164 valence electrons. The van der Waals surface area contributed by atoms with Crippen molar-refractivity contribution >= 4 is 27.5 Å². The molecule has 1 aromatic carbocycles. The number of benzene rings is 1. The Kier molecular flexibility index (Phi) is 6.14. The van der Waals surface area contributed by atoms with Crippen LogP contribution in [-0.4, -0.2) is 40.5 Å². The molecule has 0 saturated heterocycles. The first-order valence-corrected chi connectivity index (χ1v) is 11.8. The van der Waals surface area contributed by atoms with Crippen LogP contribution in [0.15, 0.2) is 12.1 Å². The van der Waals surface area contributed by atoms with Gasteiger partial charge in [-0.05, 0) is 62.9 Å². The second kappa shape index (κ2) is 8.83. The van der Waals surface area contributed by atoms with Crippen molar-refractivity contribution in [3.63, 3.8) is 0 Å². The number of aromatic nitrogens is 2. The summed E-state index contributed by atoms with van der Waals surface area (Å²) < 4.78 is 11.6. The van der Waals surface area contributed by atoms with Crippen LogP contribution in [0.25, 0.3) is 10.2 Å². The second-order valence-corrected chi connectivity index (χ2v) is 8.72. The lowest BCUT2D eigenvalue weighted by atomic mass is 9.98. The highest BCUT2D eigenvalue weighted by atomic mass is 32.1. The van der Waals surface area contributed by atoms with Gasteiger partial charge in [0.25, 0.3) is 5.91 Å². The molecular formula is C24H29N3O3S. The number of thiophene rings is 1. The van der Waals surface area contributed by atoms with Crippen LogP contribution in [0.1, 0.15) is 58.7 Å². The van der Waals surface area contributed by atoms with Crippen LogP contribution in [0.2, 0.25) is 0 Å².